The molecule has 0 bridgehead atoms. The van der Waals surface area contributed by atoms with E-state index in [0.29, 0.717) is 122 Å². The van der Waals surface area contributed by atoms with E-state index in [9.17, 15) is 0 Å². The fourth-order valence-corrected chi connectivity index (χ4v) is 11.1. The summed E-state index contributed by atoms with van der Waals surface area (Å²) in [5.41, 5.74) is 2.40. The molecule has 0 aliphatic carbocycles. The maximum absolute atomic E-state index is 6.36. The minimum atomic E-state index is 0.275. The molecule has 0 aromatic heterocycles. The molecule has 0 amide bonds. The third kappa shape index (κ3) is 7.56. The van der Waals surface area contributed by atoms with Crippen molar-refractivity contribution < 1.29 is 41.8 Å². The lowest BCUT2D eigenvalue weighted by atomic mass is 9.96. The zero-order chi connectivity index (χ0) is 37.3. The van der Waals surface area contributed by atoms with Gasteiger partial charge >= 0.3 is 0 Å². The lowest BCUT2D eigenvalue weighted by Crippen LogP contribution is -2.20. The lowest BCUT2D eigenvalue weighted by Gasteiger charge is -2.38. The molecule has 0 spiro atoms. The first-order valence-electron chi connectivity index (χ1n) is 13.6. The van der Waals surface area contributed by atoms with Crippen molar-refractivity contribution in [2.24, 2.45) is 0 Å². The topological polar surface area (TPSA) is 117 Å². The van der Waals surface area contributed by atoms with Gasteiger partial charge in [-0.25, -0.2) is 0 Å². The van der Waals surface area contributed by atoms with Gasteiger partial charge in [0.05, 0.1) is 98.5 Å². The van der Waals surface area contributed by atoms with Crippen molar-refractivity contribution in [1.29, 1.82) is 0 Å². The summed E-state index contributed by atoms with van der Waals surface area (Å²) in [6, 6.07) is 0. The van der Waals surface area contributed by atoms with E-state index in [0.717, 1.165) is 0 Å². The molecule has 0 radical (unpaired) electrons. The molecule has 4 aromatic rings. The highest BCUT2D eigenvalue weighted by atomic mass is 127. The summed E-state index contributed by atoms with van der Waals surface area (Å²) in [5, 5.41) is 2.16. The summed E-state index contributed by atoms with van der Waals surface area (Å²) in [4.78, 5) is 0. The molecule has 4 aromatic carbocycles. The van der Waals surface area contributed by atoms with Gasteiger partial charge in [-0.05, 0) is 20.8 Å². The van der Waals surface area contributed by atoms with E-state index in [1.54, 1.807) is 69.0 Å². The van der Waals surface area contributed by atoms with E-state index in [1.807, 2.05) is 165 Å². The molecule has 278 valence electrons. The first-order chi connectivity index (χ1) is 24.7. The van der Waals surface area contributed by atoms with Crippen LogP contribution in [0.1, 0.15) is 20.8 Å². The summed E-state index contributed by atoms with van der Waals surface area (Å²) in [6.07, 6.45) is 0. The van der Waals surface area contributed by atoms with Crippen LogP contribution < -0.4 is 48.0 Å². The summed E-state index contributed by atoms with van der Waals surface area (Å²) in [6.45, 7) is 6.62. The Morgan fingerprint density at radius 3 is 0.922 bits per heavy atom. The number of nitrogens with zero attached hydrogens (tertiary/aromatic N) is 2. The van der Waals surface area contributed by atoms with Gasteiger partial charge in [0.2, 0.25) is 34.5 Å². The van der Waals surface area contributed by atoms with Gasteiger partial charge in [-0.1, -0.05) is 0 Å². The molecule has 1 aliphatic heterocycles. The molecule has 0 fully saturated rings. The van der Waals surface area contributed by atoms with Crippen LogP contribution in [0.3, 0.4) is 0 Å². The maximum atomic E-state index is 6.36. The molecule has 1 heterocycles. The molecule has 0 saturated heterocycles. The molecule has 1 aliphatic rings. The Hall–Kier alpha value is 2.63. The summed E-state index contributed by atoms with van der Waals surface area (Å²) >= 11 is 20.8. The Labute approximate surface area is 445 Å². The fraction of sp³-hybridized carbons (Fsp3) is 0.231. The van der Waals surface area contributed by atoms with Crippen LogP contribution in [0, 0.1) is 0 Å². The van der Waals surface area contributed by atoms with E-state index in [4.69, 9.17) is 41.8 Å². The SMILES string of the molecule is CCOc1c(OCC)c(OI)c2c3c(c(OI)c(OI)c2c1OCC)N(I)c1c(OI)c(OI)c2c(OI)c(OI)c(OI)c(OI)c2c1N3I. The van der Waals surface area contributed by atoms with Gasteiger partial charge in [0.25, 0.3) is 0 Å². The number of rotatable bonds is 15. The fourth-order valence-electron chi connectivity index (χ4n) is 5.55. The Balaban J connectivity index is 2.17. The highest BCUT2D eigenvalue weighted by Crippen LogP contribution is 2.72. The van der Waals surface area contributed by atoms with Gasteiger partial charge in [0, 0.05) is 0 Å². The third-order valence-electron chi connectivity index (χ3n) is 7.21. The zero-order valence-electron chi connectivity index (χ0n) is 25.1. The Morgan fingerprint density at radius 2 is 0.569 bits per heavy atom. The Kier molecular flexibility index (Phi) is 17.6. The number of fused-ring (bicyclic) bond motifs is 6. The largest absolute Gasteiger partial charge is 0.489 e. The quantitative estimate of drug-likeness (QED) is 0.0830. The molecular weight excluding hydrogens is 1930 g/mol. The summed E-state index contributed by atoms with van der Waals surface area (Å²) < 4.78 is 77.0. The molecule has 0 saturated carbocycles. The second-order valence-electron chi connectivity index (χ2n) is 9.40. The van der Waals surface area contributed by atoms with Crippen LogP contribution >= 0.6 is 253 Å². The van der Waals surface area contributed by atoms with E-state index >= 15 is 0 Å². The number of halogens is 11. The van der Waals surface area contributed by atoms with Crippen molar-refractivity contribution in [2.75, 3.05) is 26.0 Å². The lowest BCUT2D eigenvalue weighted by molar-refractivity contribution is 0.260. The number of hydrogen-bond acceptors (Lipinski definition) is 14. The van der Waals surface area contributed by atoms with Crippen molar-refractivity contribution >= 4 is 297 Å². The number of anilines is 4. The second kappa shape index (κ2) is 20.1. The van der Waals surface area contributed by atoms with Crippen LogP contribution in [0.15, 0.2) is 0 Å². The van der Waals surface area contributed by atoms with Crippen LogP contribution in [-0.4, -0.2) is 19.8 Å². The van der Waals surface area contributed by atoms with Gasteiger partial charge in [-0.3, -0.25) is 6.23 Å². The van der Waals surface area contributed by atoms with Crippen molar-refractivity contribution in [1.82, 2.24) is 0 Å². The zero-order valence-corrected chi connectivity index (χ0v) is 48.8. The first-order valence-corrected chi connectivity index (χ1v) is 23.4. The Morgan fingerprint density at radius 1 is 0.314 bits per heavy atom. The van der Waals surface area contributed by atoms with Crippen LogP contribution in [0.25, 0.3) is 21.5 Å². The molecule has 0 N–H and O–H groups in total. The van der Waals surface area contributed by atoms with Crippen LogP contribution in [0.2, 0.25) is 0 Å². The molecule has 51 heavy (non-hydrogen) atoms. The predicted molar refractivity (Wildman–Crippen MR) is 286 cm³/mol. The van der Waals surface area contributed by atoms with E-state index in [-0.39, 0.29) is 11.5 Å². The minimum absolute atomic E-state index is 0.275. The van der Waals surface area contributed by atoms with E-state index < -0.39 is 0 Å². The predicted octanol–water partition coefficient (Wildman–Crippen LogP) is 15.0. The Bertz CT molecular complexity index is 1990. The molecule has 0 atom stereocenters. The van der Waals surface area contributed by atoms with Crippen molar-refractivity contribution in [3.63, 3.8) is 0 Å². The van der Waals surface area contributed by atoms with E-state index in [1.165, 1.54) is 0 Å². The monoisotopic (exact) mass is 1940 g/mol. The highest BCUT2D eigenvalue weighted by Gasteiger charge is 2.45. The average molecular weight is 1940 g/mol. The summed E-state index contributed by atoms with van der Waals surface area (Å²) in [5.74, 6) is 4.14. The van der Waals surface area contributed by atoms with Gasteiger partial charge in [-0.2, -0.15) is 0 Å². The van der Waals surface area contributed by atoms with Crippen molar-refractivity contribution in [3.8, 4) is 69.0 Å². The number of ether oxygens (including phenoxy) is 3. The third-order valence-corrected chi connectivity index (χ3v) is 13.1. The molecule has 5 rings (SSSR count). The second-order valence-corrected chi connectivity index (χ2v) is 15.3. The minimum Gasteiger partial charge on any atom is -0.489 e. The van der Waals surface area contributed by atoms with Crippen LogP contribution in [0.5, 0.6) is 69.0 Å². The van der Waals surface area contributed by atoms with Gasteiger partial charge < -0.3 is 41.8 Å². The molecule has 14 nitrogen and oxygen atoms in total. The number of hydrogen-bond donors (Lipinski definition) is 0. The van der Waals surface area contributed by atoms with Crippen LogP contribution in [-0.2, 0) is 0 Å². The van der Waals surface area contributed by atoms with E-state index in [2.05, 4.69) is 45.7 Å². The van der Waals surface area contributed by atoms with Gasteiger partial charge in [0.15, 0.2) is 242 Å². The van der Waals surface area contributed by atoms with Crippen molar-refractivity contribution in [2.45, 2.75) is 20.8 Å². The smallest absolute Gasteiger partial charge is 0.224 e. The maximum Gasteiger partial charge on any atom is 0.224 e. The van der Waals surface area contributed by atoms with Crippen molar-refractivity contribution in [3.05, 3.63) is 0 Å². The molecular formula is C26H15I11N2O12. The van der Waals surface area contributed by atoms with Gasteiger partial charge in [-0.15, -0.1) is 0 Å². The van der Waals surface area contributed by atoms with Gasteiger partial charge in [0.1, 0.15) is 11.4 Å². The number of benzene rings is 4. The highest BCUT2D eigenvalue weighted by molar-refractivity contribution is 14.1. The first kappa shape index (κ1) is 44.7. The van der Waals surface area contributed by atoms with Crippen LogP contribution in [0.4, 0.5) is 22.7 Å². The summed E-state index contributed by atoms with van der Waals surface area (Å²) in [7, 11) is 0. The molecule has 25 heteroatoms. The normalized spacial score (nSPS) is 11.9. The molecule has 0 unspecified atom stereocenters. The standard InChI is InChI=1S/C26H15I11N2O12/c1-4-40-15-9-7(16(43-29)24(42-6-3)23(15)41-5-2)11-13(21(48-34)18(9)45-31)39(28)14-12(38(11)27)8-10(19(46-32)22(14)49-35)20(47-33)26(51-37)25(50-36)17(8)44-30/h4-6H2,1-3H3. The average Bonchev–Trinajstić information content (AvgIpc) is 3.15.